The van der Waals surface area contributed by atoms with Gasteiger partial charge in [0.05, 0.1) is 29.6 Å². The molecule has 0 bridgehead atoms. The van der Waals surface area contributed by atoms with Crippen molar-refractivity contribution in [1.29, 1.82) is 5.26 Å². The van der Waals surface area contributed by atoms with E-state index in [1.807, 2.05) is 17.6 Å². The molecule has 3 rings (SSSR count). The quantitative estimate of drug-likeness (QED) is 0.642. The van der Waals surface area contributed by atoms with Gasteiger partial charge in [-0.15, -0.1) is 0 Å². The van der Waals surface area contributed by atoms with Crippen molar-refractivity contribution in [2.24, 2.45) is 0 Å². The molecule has 2 aromatic carbocycles. The monoisotopic (exact) mass is 399 g/mol. The number of nitriles is 1. The van der Waals surface area contributed by atoms with Crippen molar-refractivity contribution in [3.8, 4) is 23.1 Å². The second-order valence-electron chi connectivity index (χ2n) is 6.11. The van der Waals surface area contributed by atoms with Crippen LogP contribution in [-0.4, -0.2) is 31.1 Å². The highest BCUT2D eigenvalue weighted by Crippen LogP contribution is 2.36. The average molecular weight is 399 g/mol. The van der Waals surface area contributed by atoms with Crippen LogP contribution in [0.2, 0.25) is 0 Å². The zero-order valence-corrected chi connectivity index (χ0v) is 16.0. The van der Waals surface area contributed by atoms with Crippen molar-refractivity contribution in [2.75, 3.05) is 25.7 Å². The molecule has 0 atom stereocenters. The molecule has 1 heterocycles. The number of anilines is 1. The number of aromatic nitrogens is 1. The van der Waals surface area contributed by atoms with Crippen LogP contribution in [0.25, 0.3) is 22.2 Å². The van der Waals surface area contributed by atoms with Crippen LogP contribution in [0.3, 0.4) is 0 Å². The van der Waals surface area contributed by atoms with Gasteiger partial charge in [0.15, 0.2) is 0 Å². The van der Waals surface area contributed by atoms with Gasteiger partial charge in [-0.05, 0) is 31.2 Å². The van der Waals surface area contributed by atoms with E-state index in [2.05, 4.69) is 16.1 Å². The first-order chi connectivity index (χ1) is 14.0. The number of hydrogen-bond donors (Lipinski definition) is 1. The van der Waals surface area contributed by atoms with Crippen molar-refractivity contribution in [3.63, 3.8) is 0 Å². The molecule has 1 aromatic heterocycles. The first-order valence-corrected chi connectivity index (χ1v) is 8.94. The van der Waals surface area contributed by atoms with E-state index < -0.39 is 25.2 Å². The van der Waals surface area contributed by atoms with Gasteiger partial charge in [0.2, 0.25) is 0 Å². The molecule has 1 N–H and O–H groups in total. The summed E-state index contributed by atoms with van der Waals surface area (Å²) in [7, 11) is 1.56. The number of fused-ring (bicyclic) bond motifs is 1. The number of nitrogens with one attached hydrogen (secondary N) is 1. The Bertz CT molecular complexity index is 1100. The van der Waals surface area contributed by atoms with E-state index >= 15 is 0 Å². The molecule has 0 saturated heterocycles. The highest BCUT2D eigenvalue weighted by molar-refractivity contribution is 5.95. The molecule has 0 spiro atoms. The number of carbonyl (C=O) groups is 1. The Kier molecular flexibility index (Phi) is 5.98. The van der Waals surface area contributed by atoms with Crippen LogP contribution in [-0.2, 0) is 11.3 Å². The zero-order valence-electron chi connectivity index (χ0n) is 16.0. The van der Waals surface area contributed by atoms with Crippen molar-refractivity contribution < 1.29 is 23.0 Å². The van der Waals surface area contributed by atoms with Crippen LogP contribution in [0, 0.1) is 17.1 Å². The third kappa shape index (κ3) is 3.85. The molecule has 0 radical (unpaired) electrons. The van der Waals surface area contributed by atoms with Crippen LogP contribution >= 0.6 is 0 Å². The van der Waals surface area contributed by atoms with Crippen LogP contribution in [0.15, 0.2) is 36.4 Å². The van der Waals surface area contributed by atoms with E-state index in [1.165, 1.54) is 12.1 Å². The first-order valence-electron chi connectivity index (χ1n) is 8.94. The SMILES string of the molecule is CCn1c(-c2ccc(NC(=O)OCCF)c(F)c2)c(C#N)c2ccc(OC)cc21. The third-order valence-electron chi connectivity index (χ3n) is 4.49. The molecule has 0 saturated carbocycles. The highest BCUT2D eigenvalue weighted by Gasteiger charge is 2.20. The molecular weight excluding hydrogens is 380 g/mol. The number of carbonyl (C=O) groups excluding carboxylic acids is 1. The number of halogens is 2. The summed E-state index contributed by atoms with van der Waals surface area (Å²) in [5, 5.41) is 12.7. The van der Waals surface area contributed by atoms with Gasteiger partial charge in [-0.2, -0.15) is 5.26 Å². The summed E-state index contributed by atoms with van der Waals surface area (Å²) in [6, 6.07) is 11.8. The largest absolute Gasteiger partial charge is 0.497 e. The summed E-state index contributed by atoms with van der Waals surface area (Å²) in [6.45, 7) is 1.25. The van der Waals surface area contributed by atoms with E-state index in [9.17, 15) is 18.8 Å². The van der Waals surface area contributed by atoms with Crippen LogP contribution in [0.4, 0.5) is 19.3 Å². The van der Waals surface area contributed by atoms with Crippen LogP contribution in [0.5, 0.6) is 5.75 Å². The topological polar surface area (TPSA) is 76.3 Å². The Morgan fingerprint density at radius 3 is 2.69 bits per heavy atom. The molecule has 3 aromatic rings. The lowest BCUT2D eigenvalue weighted by atomic mass is 10.1. The maximum Gasteiger partial charge on any atom is 0.411 e. The summed E-state index contributed by atoms with van der Waals surface area (Å²) in [5.41, 5.74) is 2.18. The minimum absolute atomic E-state index is 0.100. The van der Waals surface area contributed by atoms with Gasteiger partial charge in [0.1, 0.15) is 30.9 Å². The zero-order chi connectivity index (χ0) is 21.0. The summed E-state index contributed by atoms with van der Waals surface area (Å²) in [6.07, 6.45) is -0.943. The van der Waals surface area contributed by atoms with E-state index in [0.29, 0.717) is 29.1 Å². The van der Waals surface area contributed by atoms with Gasteiger partial charge in [-0.1, -0.05) is 6.07 Å². The molecule has 0 aliphatic rings. The van der Waals surface area contributed by atoms with Crippen LogP contribution in [0.1, 0.15) is 12.5 Å². The number of aryl methyl sites for hydroxylation is 1. The second kappa shape index (κ2) is 8.61. The van der Waals surface area contributed by atoms with Crippen LogP contribution < -0.4 is 10.1 Å². The maximum atomic E-state index is 14.6. The lowest BCUT2D eigenvalue weighted by Gasteiger charge is -2.11. The molecule has 0 aliphatic heterocycles. The number of benzene rings is 2. The van der Waals surface area contributed by atoms with E-state index in [4.69, 9.17) is 4.74 Å². The second-order valence-corrected chi connectivity index (χ2v) is 6.11. The summed E-state index contributed by atoms with van der Waals surface area (Å²) in [4.78, 5) is 11.5. The van der Waals surface area contributed by atoms with Gasteiger partial charge >= 0.3 is 6.09 Å². The number of methoxy groups -OCH3 is 1. The Labute approximate surface area is 166 Å². The maximum absolute atomic E-state index is 14.6. The fraction of sp³-hybridized carbons (Fsp3) is 0.238. The lowest BCUT2D eigenvalue weighted by molar-refractivity contribution is 0.152. The van der Waals surface area contributed by atoms with Crippen molar-refractivity contribution in [1.82, 2.24) is 4.57 Å². The van der Waals surface area contributed by atoms with Gasteiger partial charge in [0.25, 0.3) is 0 Å². The Morgan fingerprint density at radius 1 is 1.28 bits per heavy atom. The third-order valence-corrected chi connectivity index (χ3v) is 4.49. The molecule has 1 amide bonds. The number of nitrogens with zero attached hydrogens (tertiary/aromatic N) is 2. The Balaban J connectivity index is 2.07. The Hall–Kier alpha value is -3.60. The average Bonchev–Trinajstić information content (AvgIpc) is 3.06. The van der Waals surface area contributed by atoms with E-state index in [0.717, 1.165) is 10.9 Å². The normalized spacial score (nSPS) is 10.6. The minimum atomic E-state index is -0.943. The minimum Gasteiger partial charge on any atom is -0.497 e. The molecule has 6 nitrogen and oxygen atoms in total. The number of amides is 1. The number of alkyl halides is 1. The standard InChI is InChI=1S/C21H19F2N3O3/c1-3-26-19-11-14(28-2)5-6-15(19)16(12-24)20(26)13-4-7-18(17(23)10-13)25-21(27)29-9-8-22/h4-7,10-11H,3,8-9H2,1-2H3,(H,25,27). The van der Waals surface area contributed by atoms with Crippen molar-refractivity contribution >= 4 is 22.7 Å². The van der Waals surface area contributed by atoms with Gasteiger partial charge in [-0.3, -0.25) is 5.32 Å². The van der Waals surface area contributed by atoms with E-state index in [1.54, 1.807) is 25.3 Å². The predicted octanol–water partition coefficient (Wildman–Crippen LogP) is 4.87. The summed E-state index contributed by atoms with van der Waals surface area (Å²) in [5.74, 6) is -0.0488. The lowest BCUT2D eigenvalue weighted by Crippen LogP contribution is -2.16. The summed E-state index contributed by atoms with van der Waals surface area (Å²) >= 11 is 0. The predicted molar refractivity (Wildman–Crippen MR) is 105 cm³/mol. The highest BCUT2D eigenvalue weighted by atomic mass is 19.1. The molecule has 0 fully saturated rings. The first kappa shape index (κ1) is 20.1. The smallest absolute Gasteiger partial charge is 0.411 e. The molecule has 0 aliphatic carbocycles. The summed E-state index contributed by atoms with van der Waals surface area (Å²) < 4.78 is 38.4. The van der Waals surface area contributed by atoms with Gasteiger partial charge < -0.3 is 14.0 Å². The number of rotatable bonds is 6. The molecule has 0 unspecified atom stereocenters. The van der Waals surface area contributed by atoms with Crippen molar-refractivity contribution in [3.05, 3.63) is 47.8 Å². The van der Waals surface area contributed by atoms with Crippen molar-refractivity contribution in [2.45, 2.75) is 13.5 Å². The molecule has 29 heavy (non-hydrogen) atoms. The number of hydrogen-bond acceptors (Lipinski definition) is 4. The van der Waals surface area contributed by atoms with Gasteiger partial charge in [-0.25, -0.2) is 13.6 Å². The fourth-order valence-electron chi connectivity index (χ4n) is 3.24. The Morgan fingerprint density at radius 2 is 2.07 bits per heavy atom. The fourth-order valence-corrected chi connectivity index (χ4v) is 3.24. The molecule has 8 heteroatoms. The van der Waals surface area contributed by atoms with Gasteiger partial charge in [0, 0.05) is 23.6 Å². The molecular formula is C21H19F2N3O3. The number of ether oxygens (including phenoxy) is 2. The molecule has 150 valence electrons. The van der Waals surface area contributed by atoms with E-state index in [-0.39, 0.29) is 5.69 Å².